The molecule has 4 rings (SSSR count). The molecule has 4 nitrogen and oxygen atoms in total. The van der Waals surface area contributed by atoms with Gasteiger partial charge in [-0.2, -0.15) is 0 Å². The number of pyridine rings is 1. The first-order valence-electron chi connectivity index (χ1n) is 7.70. The van der Waals surface area contributed by atoms with E-state index in [2.05, 4.69) is 21.7 Å². The van der Waals surface area contributed by atoms with Crippen LogP contribution in [0.15, 0.2) is 54.6 Å². The molecule has 0 atom stereocenters. The minimum atomic E-state index is 0.435. The van der Waals surface area contributed by atoms with Gasteiger partial charge in [0.25, 0.3) is 0 Å². The van der Waals surface area contributed by atoms with Crippen molar-refractivity contribution in [2.45, 2.75) is 0 Å². The van der Waals surface area contributed by atoms with Crippen LogP contribution in [0.4, 0.5) is 0 Å². The second-order valence-corrected chi connectivity index (χ2v) is 5.71. The Morgan fingerprint density at radius 1 is 1.04 bits per heavy atom. The molecule has 0 N–H and O–H groups in total. The van der Waals surface area contributed by atoms with E-state index in [4.69, 9.17) is 4.74 Å². The van der Waals surface area contributed by atoms with Crippen molar-refractivity contribution in [1.82, 2.24) is 9.55 Å². The van der Waals surface area contributed by atoms with Gasteiger partial charge in [0.15, 0.2) is 6.29 Å². The SMILES string of the molecule is COc1ccc(-c2nc(C=O)cc3c4ccccc4n(C)c23)cc1. The highest BCUT2D eigenvalue weighted by Crippen LogP contribution is 2.34. The van der Waals surface area contributed by atoms with Crippen LogP contribution in [-0.4, -0.2) is 22.9 Å². The van der Waals surface area contributed by atoms with Gasteiger partial charge in [0.1, 0.15) is 11.4 Å². The number of hydrogen-bond acceptors (Lipinski definition) is 3. The van der Waals surface area contributed by atoms with Gasteiger partial charge in [0.2, 0.25) is 0 Å². The lowest BCUT2D eigenvalue weighted by molar-refractivity contribution is 0.111. The second-order valence-electron chi connectivity index (χ2n) is 5.71. The predicted molar refractivity (Wildman–Crippen MR) is 95.6 cm³/mol. The van der Waals surface area contributed by atoms with Crippen LogP contribution in [0.1, 0.15) is 10.5 Å². The number of methoxy groups -OCH3 is 1. The molecular weight excluding hydrogens is 300 g/mol. The van der Waals surface area contributed by atoms with Crippen molar-refractivity contribution in [1.29, 1.82) is 0 Å². The summed E-state index contributed by atoms with van der Waals surface area (Å²) in [5, 5.41) is 2.16. The first-order valence-corrected chi connectivity index (χ1v) is 7.70. The number of para-hydroxylation sites is 1. The monoisotopic (exact) mass is 316 g/mol. The topological polar surface area (TPSA) is 44.1 Å². The number of carbonyl (C=O) groups is 1. The molecule has 2 aromatic carbocycles. The van der Waals surface area contributed by atoms with E-state index in [1.54, 1.807) is 7.11 Å². The number of aromatic nitrogens is 2. The first-order chi connectivity index (χ1) is 11.7. The first kappa shape index (κ1) is 14.5. The molecular formula is C20H16N2O2. The minimum absolute atomic E-state index is 0.435. The number of rotatable bonds is 3. The Kier molecular flexibility index (Phi) is 3.31. The van der Waals surface area contributed by atoms with Gasteiger partial charge in [0.05, 0.1) is 18.3 Å². The Morgan fingerprint density at radius 2 is 1.79 bits per heavy atom. The van der Waals surface area contributed by atoms with E-state index >= 15 is 0 Å². The molecule has 24 heavy (non-hydrogen) atoms. The molecule has 0 aliphatic rings. The Bertz CT molecular complexity index is 1060. The third-order valence-electron chi connectivity index (χ3n) is 4.39. The number of aldehydes is 1. The van der Waals surface area contributed by atoms with Crippen molar-refractivity contribution in [3.63, 3.8) is 0 Å². The molecule has 0 aliphatic carbocycles. The van der Waals surface area contributed by atoms with Gasteiger partial charge in [-0.3, -0.25) is 4.79 Å². The molecule has 0 fully saturated rings. The molecule has 4 aromatic rings. The maximum absolute atomic E-state index is 11.4. The molecule has 0 aliphatic heterocycles. The maximum Gasteiger partial charge on any atom is 0.168 e. The highest BCUT2D eigenvalue weighted by Gasteiger charge is 2.15. The summed E-state index contributed by atoms with van der Waals surface area (Å²) in [5.41, 5.74) is 4.33. The van der Waals surface area contributed by atoms with Gasteiger partial charge in [-0.1, -0.05) is 18.2 Å². The number of carbonyl (C=O) groups excluding carboxylic acids is 1. The fraction of sp³-hybridized carbons (Fsp3) is 0.100. The van der Waals surface area contributed by atoms with E-state index in [-0.39, 0.29) is 0 Å². The lowest BCUT2D eigenvalue weighted by Crippen LogP contribution is -1.96. The molecule has 0 saturated heterocycles. The largest absolute Gasteiger partial charge is 0.497 e. The summed E-state index contributed by atoms with van der Waals surface area (Å²) in [4.78, 5) is 16.0. The molecule has 2 heterocycles. The quantitative estimate of drug-likeness (QED) is 0.532. The van der Waals surface area contributed by atoms with E-state index in [9.17, 15) is 4.79 Å². The summed E-state index contributed by atoms with van der Waals surface area (Å²) in [6.45, 7) is 0. The number of hydrogen-bond donors (Lipinski definition) is 0. The van der Waals surface area contributed by atoms with Crippen LogP contribution in [0.5, 0.6) is 5.75 Å². The Morgan fingerprint density at radius 3 is 2.50 bits per heavy atom. The summed E-state index contributed by atoms with van der Waals surface area (Å²) >= 11 is 0. The number of nitrogens with zero attached hydrogens (tertiary/aromatic N) is 2. The summed E-state index contributed by atoms with van der Waals surface area (Å²) < 4.78 is 7.36. The summed E-state index contributed by atoms with van der Waals surface area (Å²) in [6, 6.07) is 17.8. The van der Waals surface area contributed by atoms with Crippen LogP contribution in [0, 0.1) is 0 Å². The van der Waals surface area contributed by atoms with Crippen LogP contribution in [0.2, 0.25) is 0 Å². The molecule has 4 heteroatoms. The van der Waals surface area contributed by atoms with Gasteiger partial charge >= 0.3 is 0 Å². The van der Waals surface area contributed by atoms with Crippen molar-refractivity contribution in [2.75, 3.05) is 7.11 Å². The fourth-order valence-corrected chi connectivity index (χ4v) is 3.23. The fourth-order valence-electron chi connectivity index (χ4n) is 3.23. The van der Waals surface area contributed by atoms with Crippen molar-refractivity contribution >= 4 is 28.1 Å². The lowest BCUT2D eigenvalue weighted by Gasteiger charge is -2.08. The molecule has 118 valence electrons. The normalized spacial score (nSPS) is 11.1. The maximum atomic E-state index is 11.4. The average Bonchev–Trinajstić information content (AvgIpc) is 2.94. The molecule has 0 bridgehead atoms. The molecule has 0 spiro atoms. The molecule has 0 saturated carbocycles. The van der Waals surface area contributed by atoms with Gasteiger partial charge < -0.3 is 9.30 Å². The zero-order valence-corrected chi connectivity index (χ0v) is 13.5. The third kappa shape index (κ3) is 2.07. The van der Waals surface area contributed by atoms with E-state index in [1.165, 1.54) is 0 Å². The van der Waals surface area contributed by atoms with Crippen LogP contribution in [-0.2, 0) is 7.05 Å². The number of fused-ring (bicyclic) bond motifs is 3. The summed E-state index contributed by atoms with van der Waals surface area (Å²) in [6.07, 6.45) is 0.800. The van der Waals surface area contributed by atoms with Crippen LogP contribution < -0.4 is 4.74 Å². The number of benzene rings is 2. The Labute approximate surface area is 139 Å². The van der Waals surface area contributed by atoms with E-state index in [0.717, 1.165) is 45.1 Å². The molecule has 0 amide bonds. The van der Waals surface area contributed by atoms with Gasteiger partial charge in [-0.05, 0) is 36.4 Å². The molecule has 2 aromatic heterocycles. The smallest absolute Gasteiger partial charge is 0.168 e. The highest BCUT2D eigenvalue weighted by molar-refractivity contribution is 6.12. The van der Waals surface area contributed by atoms with Crippen molar-refractivity contribution < 1.29 is 9.53 Å². The predicted octanol–water partition coefficient (Wildman–Crippen LogP) is 4.21. The van der Waals surface area contributed by atoms with Crippen molar-refractivity contribution in [2.24, 2.45) is 7.05 Å². The van der Waals surface area contributed by atoms with Crippen molar-refractivity contribution in [3.05, 3.63) is 60.3 Å². The van der Waals surface area contributed by atoms with E-state index in [0.29, 0.717) is 5.69 Å². The second kappa shape index (κ2) is 5.49. The van der Waals surface area contributed by atoms with Gasteiger partial charge in [0, 0.05) is 28.9 Å². The Hall–Kier alpha value is -3.14. The average molecular weight is 316 g/mol. The zero-order valence-electron chi connectivity index (χ0n) is 13.5. The highest BCUT2D eigenvalue weighted by atomic mass is 16.5. The lowest BCUT2D eigenvalue weighted by atomic mass is 10.1. The molecule has 0 unspecified atom stereocenters. The molecule has 0 radical (unpaired) electrons. The standard InChI is InChI=1S/C20H16N2O2/c1-22-18-6-4-3-5-16(18)17-11-14(12-23)21-19(20(17)22)13-7-9-15(24-2)10-8-13/h3-12H,1-2H3. The summed E-state index contributed by atoms with van der Waals surface area (Å²) in [7, 11) is 3.67. The summed E-state index contributed by atoms with van der Waals surface area (Å²) in [5.74, 6) is 0.790. The minimum Gasteiger partial charge on any atom is -0.497 e. The zero-order chi connectivity index (χ0) is 16.7. The van der Waals surface area contributed by atoms with Crippen LogP contribution in [0.3, 0.4) is 0 Å². The van der Waals surface area contributed by atoms with Crippen LogP contribution in [0.25, 0.3) is 33.1 Å². The van der Waals surface area contributed by atoms with E-state index < -0.39 is 0 Å². The van der Waals surface area contributed by atoms with Gasteiger partial charge in [-0.15, -0.1) is 0 Å². The van der Waals surface area contributed by atoms with Crippen LogP contribution >= 0.6 is 0 Å². The van der Waals surface area contributed by atoms with E-state index in [1.807, 2.05) is 49.5 Å². The van der Waals surface area contributed by atoms with Gasteiger partial charge in [-0.25, -0.2) is 4.98 Å². The number of aryl methyl sites for hydroxylation is 1. The van der Waals surface area contributed by atoms with Crippen molar-refractivity contribution in [3.8, 4) is 17.0 Å². The Balaban J connectivity index is 2.11. The third-order valence-corrected chi connectivity index (χ3v) is 4.39. The number of ether oxygens (including phenoxy) is 1.